The molecule has 1 heterocycles. The monoisotopic (exact) mass is 238 g/mol. The van der Waals surface area contributed by atoms with Crippen molar-refractivity contribution in [2.24, 2.45) is 0 Å². The van der Waals surface area contributed by atoms with E-state index in [-0.39, 0.29) is 6.10 Å². The van der Waals surface area contributed by atoms with Crippen LogP contribution in [0.5, 0.6) is 0 Å². The minimum Gasteiger partial charge on any atom is -0.391 e. The van der Waals surface area contributed by atoms with Crippen LogP contribution in [0.25, 0.3) is 0 Å². The van der Waals surface area contributed by atoms with Gasteiger partial charge in [0.2, 0.25) is 5.95 Å². The molecule has 0 saturated heterocycles. The fourth-order valence-electron chi connectivity index (χ4n) is 1.51. The lowest BCUT2D eigenvalue weighted by atomic mass is 10.2. The largest absolute Gasteiger partial charge is 0.391 e. The maximum absolute atomic E-state index is 9.65. The van der Waals surface area contributed by atoms with E-state index in [9.17, 15) is 5.11 Å². The van der Waals surface area contributed by atoms with E-state index >= 15 is 0 Å². The summed E-state index contributed by atoms with van der Waals surface area (Å²) in [6.45, 7) is 7.33. The quantitative estimate of drug-likeness (QED) is 0.675. The maximum Gasteiger partial charge on any atom is 0.224 e. The highest BCUT2D eigenvalue weighted by Crippen LogP contribution is 2.12. The topological polar surface area (TPSA) is 70.1 Å². The second-order valence-electron chi connectivity index (χ2n) is 4.08. The number of aromatic nitrogens is 2. The zero-order chi connectivity index (χ0) is 12.7. The van der Waals surface area contributed by atoms with Crippen LogP contribution in [0.15, 0.2) is 6.20 Å². The highest BCUT2D eigenvalue weighted by molar-refractivity contribution is 5.46. The minimum atomic E-state index is -0.322. The summed E-state index contributed by atoms with van der Waals surface area (Å²) in [5, 5.41) is 15.9. The summed E-state index contributed by atoms with van der Waals surface area (Å²) < 4.78 is 0. The summed E-state index contributed by atoms with van der Waals surface area (Å²) in [5.74, 6) is 1.40. The zero-order valence-electron chi connectivity index (χ0n) is 10.8. The van der Waals surface area contributed by atoms with E-state index in [0.717, 1.165) is 30.8 Å². The highest BCUT2D eigenvalue weighted by Gasteiger charge is 2.06. The number of nitrogens with zero attached hydrogens (tertiary/aromatic N) is 2. The van der Waals surface area contributed by atoms with Crippen molar-refractivity contribution in [3.63, 3.8) is 0 Å². The second kappa shape index (κ2) is 7.06. The second-order valence-corrected chi connectivity index (χ2v) is 4.08. The van der Waals surface area contributed by atoms with Gasteiger partial charge < -0.3 is 15.7 Å². The smallest absolute Gasteiger partial charge is 0.224 e. The minimum absolute atomic E-state index is 0.322. The third-order valence-electron chi connectivity index (χ3n) is 2.43. The third-order valence-corrected chi connectivity index (χ3v) is 2.43. The molecule has 1 aromatic rings. The molecule has 0 amide bonds. The maximum atomic E-state index is 9.65. The zero-order valence-corrected chi connectivity index (χ0v) is 10.8. The van der Waals surface area contributed by atoms with Gasteiger partial charge >= 0.3 is 0 Å². The van der Waals surface area contributed by atoms with Crippen LogP contribution in [-0.4, -0.2) is 34.3 Å². The number of aryl methyl sites for hydroxylation is 1. The van der Waals surface area contributed by atoms with Crippen molar-refractivity contribution in [2.45, 2.75) is 39.7 Å². The van der Waals surface area contributed by atoms with Gasteiger partial charge in [0.05, 0.1) is 6.10 Å². The Balaban J connectivity index is 2.59. The van der Waals surface area contributed by atoms with Gasteiger partial charge in [-0.25, -0.2) is 4.98 Å². The van der Waals surface area contributed by atoms with Crippen LogP contribution in [0.1, 0.15) is 32.3 Å². The van der Waals surface area contributed by atoms with Crippen LogP contribution in [0.3, 0.4) is 0 Å². The third kappa shape index (κ3) is 4.56. The Morgan fingerprint density at radius 1 is 1.35 bits per heavy atom. The Kier molecular flexibility index (Phi) is 5.69. The molecule has 0 aromatic carbocycles. The number of aliphatic hydroxyl groups is 1. The van der Waals surface area contributed by atoms with Crippen molar-refractivity contribution in [1.29, 1.82) is 0 Å². The van der Waals surface area contributed by atoms with Gasteiger partial charge in [-0.2, -0.15) is 4.98 Å². The normalized spacial score (nSPS) is 12.2. The lowest BCUT2D eigenvalue weighted by Gasteiger charge is -2.13. The van der Waals surface area contributed by atoms with E-state index in [4.69, 9.17) is 0 Å². The predicted molar refractivity (Wildman–Crippen MR) is 70.3 cm³/mol. The molecule has 0 radical (unpaired) electrons. The molecule has 5 nitrogen and oxygen atoms in total. The van der Waals surface area contributed by atoms with Crippen LogP contribution >= 0.6 is 0 Å². The number of hydrogen-bond acceptors (Lipinski definition) is 5. The van der Waals surface area contributed by atoms with Crippen LogP contribution in [0.2, 0.25) is 0 Å². The average molecular weight is 238 g/mol. The first-order valence-electron chi connectivity index (χ1n) is 6.16. The number of nitrogens with one attached hydrogen (secondary N) is 2. The van der Waals surface area contributed by atoms with E-state index in [2.05, 4.69) is 27.5 Å². The van der Waals surface area contributed by atoms with Gasteiger partial charge in [-0.15, -0.1) is 0 Å². The van der Waals surface area contributed by atoms with E-state index in [1.807, 2.05) is 13.8 Å². The summed E-state index contributed by atoms with van der Waals surface area (Å²) in [7, 11) is 0. The van der Waals surface area contributed by atoms with Crippen LogP contribution in [-0.2, 0) is 0 Å². The Morgan fingerprint density at radius 3 is 2.76 bits per heavy atom. The average Bonchev–Trinajstić information content (AvgIpc) is 2.30. The number of rotatable bonds is 7. The summed E-state index contributed by atoms with van der Waals surface area (Å²) in [6, 6.07) is 0. The summed E-state index contributed by atoms with van der Waals surface area (Å²) in [4.78, 5) is 8.52. The van der Waals surface area contributed by atoms with Crippen LogP contribution in [0, 0.1) is 6.92 Å². The van der Waals surface area contributed by atoms with E-state index in [1.165, 1.54) is 0 Å². The Hall–Kier alpha value is -1.36. The van der Waals surface area contributed by atoms with Gasteiger partial charge in [-0.05, 0) is 20.3 Å². The summed E-state index contributed by atoms with van der Waals surface area (Å²) in [6.07, 6.45) is 3.24. The molecule has 17 heavy (non-hydrogen) atoms. The molecule has 3 N–H and O–H groups in total. The fraction of sp³-hybridized carbons (Fsp3) is 0.667. The molecule has 0 aliphatic heterocycles. The van der Waals surface area contributed by atoms with E-state index in [0.29, 0.717) is 12.5 Å². The van der Waals surface area contributed by atoms with Crippen molar-refractivity contribution < 1.29 is 5.11 Å². The molecule has 5 heteroatoms. The molecule has 96 valence electrons. The molecule has 0 aliphatic carbocycles. The van der Waals surface area contributed by atoms with Gasteiger partial charge in [0.1, 0.15) is 5.82 Å². The molecule has 1 atom stereocenters. The van der Waals surface area contributed by atoms with Gasteiger partial charge in [-0.3, -0.25) is 0 Å². The first-order chi connectivity index (χ1) is 8.17. The molecule has 1 rings (SSSR count). The molecule has 1 aromatic heterocycles. The summed E-state index contributed by atoms with van der Waals surface area (Å²) in [5.41, 5.74) is 0.982. The van der Waals surface area contributed by atoms with E-state index in [1.54, 1.807) is 6.20 Å². The molecule has 0 bridgehead atoms. The fourth-order valence-corrected chi connectivity index (χ4v) is 1.51. The van der Waals surface area contributed by atoms with E-state index < -0.39 is 0 Å². The van der Waals surface area contributed by atoms with Crippen molar-refractivity contribution in [2.75, 3.05) is 23.7 Å². The molecule has 0 saturated carbocycles. The molecular formula is C12H22N4O. The van der Waals surface area contributed by atoms with Gasteiger partial charge in [0, 0.05) is 24.8 Å². The molecule has 1 unspecified atom stereocenters. The van der Waals surface area contributed by atoms with Gasteiger partial charge in [-0.1, -0.05) is 13.3 Å². The van der Waals surface area contributed by atoms with Crippen molar-refractivity contribution in [1.82, 2.24) is 9.97 Å². The number of anilines is 2. The SMILES string of the molecule is CCCC(O)CNc1nc(NCC)ncc1C. The Bertz CT molecular complexity index is 343. The standard InChI is InChI=1S/C12H22N4O/c1-4-6-10(17)8-14-11-9(3)7-15-12(16-11)13-5-2/h7,10,17H,4-6,8H2,1-3H3,(H2,13,14,15,16). The first kappa shape index (κ1) is 13.7. The Labute approximate surface area is 103 Å². The van der Waals surface area contributed by atoms with Gasteiger partial charge in [0.25, 0.3) is 0 Å². The highest BCUT2D eigenvalue weighted by atomic mass is 16.3. The lowest BCUT2D eigenvalue weighted by Crippen LogP contribution is -2.20. The van der Waals surface area contributed by atoms with Crippen LogP contribution < -0.4 is 10.6 Å². The lowest BCUT2D eigenvalue weighted by molar-refractivity contribution is 0.176. The van der Waals surface area contributed by atoms with Gasteiger partial charge in [0.15, 0.2) is 0 Å². The Morgan fingerprint density at radius 2 is 2.12 bits per heavy atom. The number of aliphatic hydroxyl groups excluding tert-OH is 1. The van der Waals surface area contributed by atoms with Crippen molar-refractivity contribution in [3.05, 3.63) is 11.8 Å². The van der Waals surface area contributed by atoms with Crippen molar-refractivity contribution in [3.8, 4) is 0 Å². The van der Waals surface area contributed by atoms with Crippen molar-refractivity contribution >= 4 is 11.8 Å². The van der Waals surface area contributed by atoms with Crippen LogP contribution in [0.4, 0.5) is 11.8 Å². The molecule has 0 aliphatic rings. The molecule has 0 spiro atoms. The molecular weight excluding hydrogens is 216 g/mol. The molecule has 0 fully saturated rings. The number of hydrogen-bond donors (Lipinski definition) is 3. The predicted octanol–water partition coefficient (Wildman–Crippen LogP) is 1.79. The summed E-state index contributed by atoms with van der Waals surface area (Å²) >= 11 is 0. The first-order valence-corrected chi connectivity index (χ1v) is 6.16.